The standard InChI is InChI=1S/C20H17ClN2OS2/c21-16-7-5-14(6-8-16)12-25-20-22-17(13-26-20)11-19(24)23-10-9-15-3-1-2-4-18(15)23/h1-8,13H,9-12H2. The predicted molar refractivity (Wildman–Crippen MR) is 109 cm³/mol. The number of carbonyl (C=O) groups excluding carboxylic acids is 1. The number of nitrogens with zero attached hydrogens (tertiary/aromatic N) is 2. The molecule has 3 aromatic rings. The van der Waals surface area contributed by atoms with Crippen LogP contribution < -0.4 is 4.90 Å². The van der Waals surface area contributed by atoms with E-state index in [4.69, 9.17) is 11.6 Å². The number of aromatic nitrogens is 1. The first-order valence-electron chi connectivity index (χ1n) is 8.39. The van der Waals surface area contributed by atoms with Crippen molar-refractivity contribution >= 4 is 46.3 Å². The zero-order valence-electron chi connectivity index (χ0n) is 14.0. The molecular formula is C20H17ClN2OS2. The molecule has 0 N–H and O–H groups in total. The van der Waals surface area contributed by atoms with Crippen LogP contribution in [0, 0.1) is 0 Å². The summed E-state index contributed by atoms with van der Waals surface area (Å²) in [7, 11) is 0. The molecule has 0 aliphatic carbocycles. The van der Waals surface area contributed by atoms with E-state index in [9.17, 15) is 4.79 Å². The second-order valence-corrected chi connectivity index (χ2v) is 8.64. The summed E-state index contributed by atoms with van der Waals surface area (Å²) < 4.78 is 0.990. The van der Waals surface area contributed by atoms with Crippen LogP contribution in [0.1, 0.15) is 16.8 Å². The molecule has 0 radical (unpaired) electrons. The number of carbonyl (C=O) groups is 1. The number of rotatable bonds is 5. The molecule has 1 aliphatic rings. The van der Waals surface area contributed by atoms with Crippen molar-refractivity contribution in [3.05, 3.63) is 75.8 Å². The van der Waals surface area contributed by atoms with Crippen LogP contribution in [0.5, 0.6) is 0 Å². The van der Waals surface area contributed by atoms with Gasteiger partial charge in [0.2, 0.25) is 5.91 Å². The van der Waals surface area contributed by atoms with Crippen LogP contribution >= 0.6 is 34.7 Å². The Morgan fingerprint density at radius 3 is 2.85 bits per heavy atom. The van der Waals surface area contributed by atoms with E-state index in [-0.39, 0.29) is 5.91 Å². The highest BCUT2D eigenvalue weighted by Gasteiger charge is 2.24. The second-order valence-electron chi connectivity index (χ2n) is 6.12. The lowest BCUT2D eigenvalue weighted by molar-refractivity contribution is -0.117. The molecule has 6 heteroatoms. The van der Waals surface area contributed by atoms with Crippen molar-refractivity contribution in [1.29, 1.82) is 0 Å². The van der Waals surface area contributed by atoms with Crippen molar-refractivity contribution in [2.24, 2.45) is 0 Å². The van der Waals surface area contributed by atoms with E-state index in [0.29, 0.717) is 6.42 Å². The van der Waals surface area contributed by atoms with Gasteiger partial charge >= 0.3 is 0 Å². The van der Waals surface area contributed by atoms with E-state index in [1.54, 1.807) is 23.1 Å². The molecule has 0 saturated carbocycles. The first-order chi connectivity index (χ1) is 12.7. The van der Waals surface area contributed by atoms with E-state index in [2.05, 4.69) is 11.1 Å². The van der Waals surface area contributed by atoms with E-state index >= 15 is 0 Å². The van der Waals surface area contributed by atoms with Crippen molar-refractivity contribution in [2.45, 2.75) is 22.9 Å². The van der Waals surface area contributed by atoms with E-state index in [0.717, 1.165) is 39.5 Å². The van der Waals surface area contributed by atoms with Gasteiger partial charge in [-0.05, 0) is 35.7 Å². The molecule has 1 amide bonds. The van der Waals surface area contributed by atoms with Crippen molar-refractivity contribution in [3.63, 3.8) is 0 Å². The Bertz CT molecular complexity index is 924. The average Bonchev–Trinajstić information content (AvgIpc) is 3.28. The SMILES string of the molecule is O=C(Cc1csc(SCc2ccc(Cl)cc2)n1)N1CCc2ccccc21. The minimum Gasteiger partial charge on any atom is -0.311 e. The molecular weight excluding hydrogens is 384 g/mol. The number of thioether (sulfide) groups is 1. The Labute approximate surface area is 166 Å². The van der Waals surface area contributed by atoms with Gasteiger partial charge in [-0.25, -0.2) is 4.98 Å². The van der Waals surface area contributed by atoms with Gasteiger partial charge in [0, 0.05) is 28.4 Å². The number of hydrogen-bond acceptors (Lipinski definition) is 4. The highest BCUT2D eigenvalue weighted by molar-refractivity contribution is 8.00. The summed E-state index contributed by atoms with van der Waals surface area (Å²) in [6.45, 7) is 0.764. The molecule has 2 heterocycles. The third-order valence-corrected chi connectivity index (χ3v) is 6.72. The third-order valence-electron chi connectivity index (χ3n) is 4.33. The Kier molecular flexibility index (Phi) is 5.29. The van der Waals surface area contributed by atoms with Gasteiger partial charge in [0.1, 0.15) is 4.34 Å². The molecule has 0 atom stereocenters. The summed E-state index contributed by atoms with van der Waals surface area (Å²) in [5, 5.41) is 2.74. The zero-order chi connectivity index (χ0) is 17.9. The maximum atomic E-state index is 12.7. The fraction of sp³-hybridized carbons (Fsp3) is 0.200. The molecule has 0 fully saturated rings. The highest BCUT2D eigenvalue weighted by Crippen LogP contribution is 2.29. The molecule has 4 rings (SSSR count). The van der Waals surface area contributed by atoms with Crippen LogP contribution in [0.2, 0.25) is 5.02 Å². The molecule has 1 aliphatic heterocycles. The smallest absolute Gasteiger partial charge is 0.233 e. The summed E-state index contributed by atoms with van der Waals surface area (Å²) in [5.41, 5.74) is 4.35. The normalized spacial score (nSPS) is 13.0. The summed E-state index contributed by atoms with van der Waals surface area (Å²) in [5.74, 6) is 0.965. The molecule has 0 unspecified atom stereocenters. The minimum absolute atomic E-state index is 0.120. The van der Waals surface area contributed by atoms with Gasteiger partial charge in [-0.1, -0.05) is 53.7 Å². The Hall–Kier alpha value is -1.82. The summed E-state index contributed by atoms with van der Waals surface area (Å²) in [4.78, 5) is 19.2. The van der Waals surface area contributed by atoms with Crippen molar-refractivity contribution in [1.82, 2.24) is 4.98 Å². The number of halogens is 1. The van der Waals surface area contributed by atoms with Gasteiger partial charge in [-0.15, -0.1) is 11.3 Å². The molecule has 0 saturated heterocycles. The van der Waals surface area contributed by atoms with Crippen molar-refractivity contribution in [3.8, 4) is 0 Å². The molecule has 0 bridgehead atoms. The van der Waals surface area contributed by atoms with Gasteiger partial charge in [0.15, 0.2) is 0 Å². The van der Waals surface area contributed by atoms with Crippen LogP contribution in [-0.2, 0) is 23.4 Å². The van der Waals surface area contributed by atoms with Crippen LogP contribution in [0.15, 0.2) is 58.3 Å². The number of para-hydroxylation sites is 1. The van der Waals surface area contributed by atoms with Gasteiger partial charge < -0.3 is 4.90 Å². The lowest BCUT2D eigenvalue weighted by Crippen LogP contribution is -2.30. The monoisotopic (exact) mass is 400 g/mol. The zero-order valence-corrected chi connectivity index (χ0v) is 16.4. The lowest BCUT2D eigenvalue weighted by Gasteiger charge is -2.16. The number of thiazole rings is 1. The largest absolute Gasteiger partial charge is 0.311 e. The number of fused-ring (bicyclic) bond motifs is 1. The quantitative estimate of drug-likeness (QED) is 0.550. The van der Waals surface area contributed by atoms with E-state index in [1.807, 2.05) is 52.7 Å². The minimum atomic E-state index is 0.120. The number of benzene rings is 2. The lowest BCUT2D eigenvalue weighted by atomic mass is 10.2. The Balaban J connectivity index is 1.36. The molecule has 2 aromatic carbocycles. The fourth-order valence-electron chi connectivity index (χ4n) is 3.01. The number of anilines is 1. The summed E-state index contributed by atoms with van der Waals surface area (Å²) >= 11 is 9.20. The predicted octanol–water partition coefficient (Wildman–Crippen LogP) is 5.22. The topological polar surface area (TPSA) is 33.2 Å². The summed E-state index contributed by atoms with van der Waals surface area (Å²) in [6.07, 6.45) is 1.29. The van der Waals surface area contributed by atoms with Gasteiger partial charge in [0.25, 0.3) is 0 Å². The molecule has 132 valence electrons. The van der Waals surface area contributed by atoms with E-state index < -0.39 is 0 Å². The first-order valence-corrected chi connectivity index (χ1v) is 10.6. The fourth-order valence-corrected chi connectivity index (χ4v) is 4.94. The average molecular weight is 401 g/mol. The molecule has 1 aromatic heterocycles. The highest BCUT2D eigenvalue weighted by atomic mass is 35.5. The van der Waals surface area contributed by atoms with Crippen LogP contribution in [0.25, 0.3) is 0 Å². The Morgan fingerprint density at radius 1 is 1.19 bits per heavy atom. The van der Waals surface area contributed by atoms with Crippen LogP contribution in [-0.4, -0.2) is 17.4 Å². The second kappa shape index (κ2) is 7.82. The van der Waals surface area contributed by atoms with E-state index in [1.165, 1.54) is 11.1 Å². The van der Waals surface area contributed by atoms with Crippen molar-refractivity contribution < 1.29 is 4.79 Å². The Morgan fingerprint density at radius 2 is 2.00 bits per heavy atom. The van der Waals surface area contributed by atoms with Crippen LogP contribution in [0.4, 0.5) is 5.69 Å². The van der Waals surface area contributed by atoms with Crippen molar-refractivity contribution in [2.75, 3.05) is 11.4 Å². The molecule has 3 nitrogen and oxygen atoms in total. The molecule has 26 heavy (non-hydrogen) atoms. The maximum absolute atomic E-state index is 12.7. The first kappa shape index (κ1) is 17.6. The third kappa shape index (κ3) is 3.95. The molecule has 0 spiro atoms. The van der Waals surface area contributed by atoms with Gasteiger partial charge in [0.05, 0.1) is 12.1 Å². The number of hydrogen-bond donors (Lipinski definition) is 0. The maximum Gasteiger partial charge on any atom is 0.233 e. The van der Waals surface area contributed by atoms with Gasteiger partial charge in [-0.3, -0.25) is 4.79 Å². The van der Waals surface area contributed by atoms with Gasteiger partial charge in [-0.2, -0.15) is 0 Å². The summed E-state index contributed by atoms with van der Waals surface area (Å²) in [6, 6.07) is 16.0. The van der Waals surface area contributed by atoms with Crippen LogP contribution in [0.3, 0.4) is 0 Å². The number of amides is 1.